The summed E-state index contributed by atoms with van der Waals surface area (Å²) in [5.74, 6) is 0.756. The average Bonchev–Trinajstić information content (AvgIpc) is 3.16. The molecule has 5 heteroatoms. The van der Waals surface area contributed by atoms with Crippen molar-refractivity contribution in [3.05, 3.63) is 72.2 Å². The molecule has 2 aromatic carbocycles. The Morgan fingerprint density at radius 3 is 2.36 bits per heavy atom. The van der Waals surface area contributed by atoms with Gasteiger partial charge >= 0.3 is 0 Å². The van der Waals surface area contributed by atoms with Crippen molar-refractivity contribution in [2.75, 3.05) is 0 Å². The lowest BCUT2D eigenvalue weighted by atomic mass is 10.1. The molecule has 0 aliphatic carbocycles. The average molecular weight is 304 g/mol. The molecular formula is C17H12N4S. The van der Waals surface area contributed by atoms with Crippen molar-refractivity contribution >= 4 is 27.8 Å². The van der Waals surface area contributed by atoms with E-state index in [0.29, 0.717) is 0 Å². The largest absolute Gasteiger partial charge is 0.273 e. The second-order valence-corrected chi connectivity index (χ2v) is 5.61. The number of fused-ring (bicyclic) bond motifs is 1. The Bertz CT molecular complexity index is 923. The van der Waals surface area contributed by atoms with Crippen LogP contribution in [0.3, 0.4) is 0 Å². The van der Waals surface area contributed by atoms with E-state index in [1.165, 1.54) is 0 Å². The highest BCUT2D eigenvalue weighted by Gasteiger charge is 2.14. The number of azo groups is 1. The van der Waals surface area contributed by atoms with Gasteiger partial charge in [0.15, 0.2) is 10.8 Å². The zero-order valence-electron chi connectivity index (χ0n) is 11.6. The molecule has 0 fully saturated rings. The first-order chi connectivity index (χ1) is 10.9. The van der Waals surface area contributed by atoms with E-state index >= 15 is 0 Å². The first-order valence-electron chi connectivity index (χ1n) is 6.89. The predicted molar refractivity (Wildman–Crippen MR) is 89.1 cm³/mol. The van der Waals surface area contributed by atoms with Crippen LogP contribution in [0.4, 0.5) is 11.5 Å². The van der Waals surface area contributed by atoms with Gasteiger partial charge in [0.05, 0.1) is 5.69 Å². The van der Waals surface area contributed by atoms with Gasteiger partial charge in [0.25, 0.3) is 0 Å². The third-order valence-electron chi connectivity index (χ3n) is 3.30. The molecule has 22 heavy (non-hydrogen) atoms. The molecule has 0 saturated heterocycles. The summed E-state index contributed by atoms with van der Waals surface area (Å²) in [6.45, 7) is 0. The standard InChI is InChI=1S/C17H12N4S/c1-3-7-13(8-4-1)15-16(21-11-12-22-17(21)18-15)20-19-14-9-5-2-6-10-14/h1-12H. The zero-order chi connectivity index (χ0) is 14.8. The summed E-state index contributed by atoms with van der Waals surface area (Å²) >= 11 is 1.59. The number of thiazole rings is 1. The second-order valence-electron chi connectivity index (χ2n) is 4.74. The molecule has 106 valence electrons. The van der Waals surface area contributed by atoms with E-state index in [-0.39, 0.29) is 0 Å². The minimum atomic E-state index is 0.756. The molecule has 2 heterocycles. The Labute approximate surface area is 131 Å². The van der Waals surface area contributed by atoms with Gasteiger partial charge in [0, 0.05) is 17.1 Å². The zero-order valence-corrected chi connectivity index (χ0v) is 12.4. The van der Waals surface area contributed by atoms with E-state index in [9.17, 15) is 0 Å². The van der Waals surface area contributed by atoms with E-state index in [2.05, 4.69) is 15.2 Å². The molecule has 4 rings (SSSR count). The van der Waals surface area contributed by atoms with Crippen LogP contribution >= 0.6 is 11.3 Å². The van der Waals surface area contributed by atoms with Crippen LogP contribution in [0, 0.1) is 0 Å². The van der Waals surface area contributed by atoms with Crippen molar-refractivity contribution in [3.63, 3.8) is 0 Å². The maximum absolute atomic E-state index is 4.68. The molecule has 0 radical (unpaired) electrons. The number of aromatic nitrogens is 2. The number of nitrogens with zero attached hydrogens (tertiary/aromatic N) is 4. The van der Waals surface area contributed by atoms with Gasteiger partial charge in [-0.05, 0) is 12.1 Å². The van der Waals surface area contributed by atoms with E-state index < -0.39 is 0 Å². The van der Waals surface area contributed by atoms with Gasteiger partial charge in [-0.3, -0.25) is 4.40 Å². The van der Waals surface area contributed by atoms with Crippen LogP contribution in [0.5, 0.6) is 0 Å². The van der Waals surface area contributed by atoms with Crippen LogP contribution in [0.2, 0.25) is 0 Å². The van der Waals surface area contributed by atoms with Crippen LogP contribution in [-0.2, 0) is 0 Å². The molecule has 0 aliphatic rings. The molecule has 2 aromatic heterocycles. The normalized spacial score (nSPS) is 11.5. The SMILES string of the molecule is c1ccc(N=Nc2c(-c3ccccc3)nc3sccn23)cc1. The number of benzene rings is 2. The summed E-state index contributed by atoms with van der Waals surface area (Å²) in [5, 5.41) is 10.8. The van der Waals surface area contributed by atoms with E-state index in [1.54, 1.807) is 11.3 Å². The van der Waals surface area contributed by atoms with Crippen LogP contribution in [-0.4, -0.2) is 9.38 Å². The monoisotopic (exact) mass is 304 g/mol. The third kappa shape index (κ3) is 2.31. The molecule has 0 N–H and O–H groups in total. The maximum Gasteiger partial charge on any atom is 0.195 e. The summed E-state index contributed by atoms with van der Waals surface area (Å²) in [6, 6.07) is 19.8. The fourth-order valence-electron chi connectivity index (χ4n) is 2.26. The van der Waals surface area contributed by atoms with Crippen LogP contribution in [0.15, 0.2) is 82.5 Å². The molecule has 4 nitrogen and oxygen atoms in total. The van der Waals surface area contributed by atoms with Gasteiger partial charge in [-0.15, -0.1) is 21.6 Å². The van der Waals surface area contributed by atoms with Gasteiger partial charge in [-0.25, -0.2) is 4.98 Å². The van der Waals surface area contributed by atoms with Gasteiger partial charge in [-0.2, -0.15) is 0 Å². The smallest absolute Gasteiger partial charge is 0.195 e. The van der Waals surface area contributed by atoms with E-state index in [4.69, 9.17) is 0 Å². The van der Waals surface area contributed by atoms with Gasteiger partial charge < -0.3 is 0 Å². The number of imidazole rings is 1. The molecule has 4 aromatic rings. The number of hydrogen-bond acceptors (Lipinski definition) is 4. The molecule has 0 amide bonds. The van der Waals surface area contributed by atoms with Gasteiger partial charge in [-0.1, -0.05) is 48.5 Å². The minimum Gasteiger partial charge on any atom is -0.273 e. The highest BCUT2D eigenvalue weighted by molar-refractivity contribution is 7.15. The Balaban J connectivity index is 1.85. The van der Waals surface area contributed by atoms with E-state index in [1.807, 2.05) is 76.6 Å². The lowest BCUT2D eigenvalue weighted by Gasteiger charge is -1.98. The summed E-state index contributed by atoms with van der Waals surface area (Å²) in [7, 11) is 0. The van der Waals surface area contributed by atoms with Gasteiger partial charge in [0.2, 0.25) is 0 Å². The van der Waals surface area contributed by atoms with Crippen molar-refractivity contribution in [3.8, 4) is 11.3 Å². The fourth-order valence-corrected chi connectivity index (χ4v) is 2.97. The summed E-state index contributed by atoms with van der Waals surface area (Å²) in [5.41, 5.74) is 2.72. The predicted octanol–water partition coefficient (Wildman–Crippen LogP) is 5.48. The lowest BCUT2D eigenvalue weighted by Crippen LogP contribution is -1.78. The summed E-state index contributed by atoms with van der Waals surface area (Å²) in [6.07, 6.45) is 1.97. The maximum atomic E-state index is 4.68. The molecule has 0 atom stereocenters. The molecular weight excluding hydrogens is 292 g/mol. The first-order valence-corrected chi connectivity index (χ1v) is 7.77. The molecule has 0 bridgehead atoms. The van der Waals surface area contributed by atoms with Crippen LogP contribution in [0.1, 0.15) is 0 Å². The molecule has 0 saturated carbocycles. The molecule has 0 unspecified atom stereocenters. The highest BCUT2D eigenvalue weighted by atomic mass is 32.1. The highest BCUT2D eigenvalue weighted by Crippen LogP contribution is 2.33. The Morgan fingerprint density at radius 2 is 1.59 bits per heavy atom. The number of hydrogen-bond donors (Lipinski definition) is 0. The van der Waals surface area contributed by atoms with Crippen molar-refractivity contribution in [2.24, 2.45) is 10.2 Å². The Morgan fingerprint density at radius 1 is 0.864 bits per heavy atom. The van der Waals surface area contributed by atoms with Crippen molar-refractivity contribution in [1.29, 1.82) is 0 Å². The van der Waals surface area contributed by atoms with Crippen molar-refractivity contribution in [2.45, 2.75) is 0 Å². The fraction of sp³-hybridized carbons (Fsp3) is 0. The summed E-state index contributed by atoms with van der Waals surface area (Å²) in [4.78, 5) is 5.60. The topological polar surface area (TPSA) is 42.0 Å². The minimum absolute atomic E-state index is 0.756. The Hall–Kier alpha value is -2.79. The molecule has 0 spiro atoms. The van der Waals surface area contributed by atoms with Gasteiger partial charge in [0.1, 0.15) is 5.69 Å². The quantitative estimate of drug-likeness (QED) is 0.462. The van der Waals surface area contributed by atoms with Crippen molar-refractivity contribution in [1.82, 2.24) is 9.38 Å². The number of rotatable bonds is 3. The first kappa shape index (κ1) is 12.9. The second kappa shape index (κ2) is 5.54. The van der Waals surface area contributed by atoms with Crippen LogP contribution < -0.4 is 0 Å². The van der Waals surface area contributed by atoms with E-state index in [0.717, 1.165) is 27.7 Å². The lowest BCUT2D eigenvalue weighted by molar-refractivity contribution is 1.12. The summed E-state index contributed by atoms with van der Waals surface area (Å²) < 4.78 is 1.97. The Kier molecular flexibility index (Phi) is 3.25. The van der Waals surface area contributed by atoms with Crippen LogP contribution in [0.25, 0.3) is 16.2 Å². The molecule has 0 aliphatic heterocycles. The van der Waals surface area contributed by atoms with Crippen molar-refractivity contribution < 1.29 is 0 Å². The third-order valence-corrected chi connectivity index (χ3v) is 4.06.